The summed E-state index contributed by atoms with van der Waals surface area (Å²) in [6, 6.07) is 1.69. The first-order valence-corrected chi connectivity index (χ1v) is 7.09. The van der Waals surface area contributed by atoms with Gasteiger partial charge in [-0.1, -0.05) is 13.8 Å². The minimum Gasteiger partial charge on any atom is -0.311 e. The highest BCUT2D eigenvalue weighted by Crippen LogP contribution is 2.61. The van der Waals surface area contributed by atoms with Gasteiger partial charge in [-0.05, 0) is 62.2 Å². The highest BCUT2D eigenvalue weighted by molar-refractivity contribution is 5.09. The van der Waals surface area contributed by atoms with Crippen molar-refractivity contribution in [2.24, 2.45) is 23.7 Å². The van der Waals surface area contributed by atoms with Crippen LogP contribution in [0.1, 0.15) is 52.4 Å². The normalized spacial score (nSPS) is 47.0. The molecule has 0 aromatic heterocycles. The topological polar surface area (TPSA) is 12.0 Å². The zero-order chi connectivity index (χ0) is 10.4. The van der Waals surface area contributed by atoms with Crippen LogP contribution in [0.25, 0.3) is 0 Å². The van der Waals surface area contributed by atoms with Gasteiger partial charge < -0.3 is 5.32 Å². The number of nitrogens with one attached hydrogen (secondary N) is 1. The lowest BCUT2D eigenvalue weighted by atomic mass is 9.62. The molecule has 0 spiro atoms. The molecule has 3 aliphatic rings. The largest absolute Gasteiger partial charge is 0.311 e. The average Bonchev–Trinajstić information content (AvgIpc) is 2.75. The van der Waals surface area contributed by atoms with Crippen LogP contribution in [-0.4, -0.2) is 12.1 Å². The fourth-order valence-corrected chi connectivity index (χ4v) is 4.69. The lowest BCUT2D eigenvalue weighted by Gasteiger charge is -2.49. The van der Waals surface area contributed by atoms with Gasteiger partial charge in [-0.3, -0.25) is 0 Å². The van der Waals surface area contributed by atoms with E-state index in [0.717, 1.165) is 35.8 Å². The summed E-state index contributed by atoms with van der Waals surface area (Å²) in [6.07, 6.45) is 8.80. The monoisotopic (exact) mass is 207 g/mol. The van der Waals surface area contributed by atoms with Crippen LogP contribution in [0.15, 0.2) is 0 Å². The Morgan fingerprint density at radius 3 is 2.47 bits per heavy atom. The van der Waals surface area contributed by atoms with Crippen LogP contribution in [-0.2, 0) is 0 Å². The van der Waals surface area contributed by atoms with Crippen LogP contribution in [0.3, 0.4) is 0 Å². The van der Waals surface area contributed by atoms with Crippen LogP contribution < -0.4 is 5.32 Å². The minimum absolute atomic E-state index is 0.787. The highest BCUT2D eigenvalue weighted by atomic mass is 15.0. The summed E-state index contributed by atoms with van der Waals surface area (Å²) in [5, 5.41) is 3.91. The van der Waals surface area contributed by atoms with Crippen LogP contribution >= 0.6 is 0 Å². The molecule has 0 heterocycles. The fraction of sp³-hybridized carbons (Fsp3) is 1.00. The van der Waals surface area contributed by atoms with E-state index in [1.165, 1.54) is 19.3 Å². The maximum absolute atomic E-state index is 3.91. The summed E-state index contributed by atoms with van der Waals surface area (Å²) < 4.78 is 0. The zero-order valence-electron chi connectivity index (χ0n) is 10.2. The van der Waals surface area contributed by atoms with Gasteiger partial charge in [-0.2, -0.15) is 0 Å². The molecule has 5 atom stereocenters. The molecule has 0 aromatic rings. The summed E-state index contributed by atoms with van der Waals surface area (Å²) in [5.74, 6) is 4.47. The Kier molecular flexibility index (Phi) is 2.54. The third-order valence-corrected chi connectivity index (χ3v) is 5.58. The number of hydrogen-bond acceptors (Lipinski definition) is 1. The molecule has 2 unspecified atom stereocenters. The molecule has 3 fully saturated rings. The molecule has 2 bridgehead atoms. The van der Waals surface area contributed by atoms with E-state index in [0.29, 0.717) is 0 Å². The summed E-state index contributed by atoms with van der Waals surface area (Å²) in [5.41, 5.74) is 0. The Hall–Kier alpha value is -0.0400. The smallest absolute Gasteiger partial charge is 0.0106 e. The van der Waals surface area contributed by atoms with Crippen molar-refractivity contribution >= 4 is 0 Å². The molecule has 0 amide bonds. The zero-order valence-corrected chi connectivity index (χ0v) is 10.2. The molecule has 3 saturated carbocycles. The first-order valence-electron chi connectivity index (χ1n) is 7.09. The Balaban J connectivity index is 1.58. The molecule has 3 rings (SSSR count). The van der Waals surface area contributed by atoms with E-state index >= 15 is 0 Å². The predicted octanol–water partition coefficient (Wildman–Crippen LogP) is 3.20. The van der Waals surface area contributed by atoms with Crippen molar-refractivity contribution < 1.29 is 0 Å². The lowest BCUT2D eigenvalue weighted by molar-refractivity contribution is 0.0420. The molecular weight excluding hydrogens is 182 g/mol. The Morgan fingerprint density at radius 2 is 1.80 bits per heavy atom. The molecule has 1 nitrogen and oxygen atoms in total. The number of fused-ring (bicyclic) bond motifs is 5. The molecule has 86 valence electrons. The predicted molar refractivity (Wildman–Crippen MR) is 63.7 cm³/mol. The fourth-order valence-electron chi connectivity index (χ4n) is 4.69. The first kappa shape index (κ1) is 10.1. The summed E-state index contributed by atoms with van der Waals surface area (Å²) in [4.78, 5) is 0. The van der Waals surface area contributed by atoms with Gasteiger partial charge >= 0.3 is 0 Å². The van der Waals surface area contributed by atoms with Crippen molar-refractivity contribution in [3.05, 3.63) is 0 Å². The van der Waals surface area contributed by atoms with E-state index in [9.17, 15) is 0 Å². The molecule has 1 N–H and O–H groups in total. The van der Waals surface area contributed by atoms with Gasteiger partial charge in [0.15, 0.2) is 0 Å². The van der Waals surface area contributed by atoms with Gasteiger partial charge in [0.2, 0.25) is 0 Å². The van der Waals surface area contributed by atoms with Crippen molar-refractivity contribution in [2.75, 3.05) is 0 Å². The molecule has 0 aromatic carbocycles. The van der Waals surface area contributed by atoms with Gasteiger partial charge in [-0.15, -0.1) is 0 Å². The van der Waals surface area contributed by atoms with Gasteiger partial charge in [0.1, 0.15) is 0 Å². The molecule has 0 saturated heterocycles. The Labute approximate surface area is 94.0 Å². The van der Waals surface area contributed by atoms with Crippen LogP contribution in [0.2, 0.25) is 0 Å². The second kappa shape index (κ2) is 3.76. The van der Waals surface area contributed by atoms with Crippen LogP contribution in [0.5, 0.6) is 0 Å². The molecule has 0 aliphatic heterocycles. The standard InChI is InChI=1S/C14H25N/c1-3-11(4-2)15-13-8-12-9-5-6-10(7-9)14(12)13/h9-15H,3-8H2,1-2H3/t9?,10?,12-,13-,14+/m1/s1. The molecule has 3 aliphatic carbocycles. The second-order valence-electron chi connectivity index (χ2n) is 6.10. The van der Waals surface area contributed by atoms with E-state index in [4.69, 9.17) is 0 Å². The van der Waals surface area contributed by atoms with Gasteiger partial charge in [0.05, 0.1) is 0 Å². The van der Waals surface area contributed by atoms with Crippen LogP contribution in [0.4, 0.5) is 0 Å². The van der Waals surface area contributed by atoms with E-state index in [1.807, 2.05) is 0 Å². The summed E-state index contributed by atoms with van der Waals surface area (Å²) in [7, 11) is 0. The van der Waals surface area contributed by atoms with Gasteiger partial charge in [0.25, 0.3) is 0 Å². The molecule has 15 heavy (non-hydrogen) atoms. The first-order chi connectivity index (χ1) is 7.33. The van der Waals surface area contributed by atoms with E-state index in [-0.39, 0.29) is 0 Å². The van der Waals surface area contributed by atoms with Crippen LogP contribution in [0, 0.1) is 23.7 Å². The van der Waals surface area contributed by atoms with Crippen molar-refractivity contribution in [1.29, 1.82) is 0 Å². The quantitative estimate of drug-likeness (QED) is 0.746. The molecule has 1 heteroatoms. The van der Waals surface area contributed by atoms with Gasteiger partial charge in [0, 0.05) is 12.1 Å². The maximum Gasteiger partial charge on any atom is 0.0106 e. The summed E-state index contributed by atoms with van der Waals surface area (Å²) >= 11 is 0. The second-order valence-corrected chi connectivity index (χ2v) is 6.10. The SMILES string of the molecule is CCC(CC)N[C@@H]1C[C@@H]2C3CCC(C3)[C@@H]21. The van der Waals surface area contributed by atoms with E-state index < -0.39 is 0 Å². The van der Waals surface area contributed by atoms with Crippen molar-refractivity contribution in [2.45, 2.75) is 64.5 Å². The van der Waals surface area contributed by atoms with E-state index in [1.54, 1.807) is 19.3 Å². The molecular formula is C14H25N. The lowest BCUT2D eigenvalue weighted by Crippen LogP contribution is -2.55. The van der Waals surface area contributed by atoms with Crippen molar-refractivity contribution in [3.63, 3.8) is 0 Å². The third kappa shape index (κ3) is 1.46. The maximum atomic E-state index is 3.91. The minimum atomic E-state index is 0.787. The summed E-state index contributed by atoms with van der Waals surface area (Å²) in [6.45, 7) is 4.64. The van der Waals surface area contributed by atoms with Crippen molar-refractivity contribution in [3.8, 4) is 0 Å². The Morgan fingerprint density at radius 1 is 1.07 bits per heavy atom. The third-order valence-electron chi connectivity index (χ3n) is 5.58. The van der Waals surface area contributed by atoms with Gasteiger partial charge in [-0.25, -0.2) is 0 Å². The number of hydrogen-bond donors (Lipinski definition) is 1. The van der Waals surface area contributed by atoms with Crippen molar-refractivity contribution in [1.82, 2.24) is 5.32 Å². The average molecular weight is 207 g/mol. The van der Waals surface area contributed by atoms with E-state index in [2.05, 4.69) is 19.2 Å². The number of rotatable bonds is 4. The molecule has 0 radical (unpaired) electrons. The Bertz CT molecular complexity index is 231. The highest BCUT2D eigenvalue weighted by Gasteiger charge is 2.56.